The molecule has 0 aromatic heterocycles. The van der Waals surface area contributed by atoms with Gasteiger partial charge in [0.15, 0.2) is 0 Å². The van der Waals surface area contributed by atoms with Crippen molar-refractivity contribution >= 4 is 19.6 Å². The number of nitrogens with zero attached hydrogens (tertiary/aromatic N) is 2. The van der Waals surface area contributed by atoms with Gasteiger partial charge in [-0.25, -0.2) is 4.57 Å². The fourth-order valence-corrected chi connectivity index (χ4v) is 10.0. The second-order valence-electron chi connectivity index (χ2n) is 22.0. The highest BCUT2D eigenvalue weighted by atomic mass is 31.2. The number of likely N-dealkylation sites (N-methyl/N-ethyl adjacent to an activating group) is 1. The van der Waals surface area contributed by atoms with E-state index in [0.29, 0.717) is 23.9 Å². The van der Waals surface area contributed by atoms with Crippen LogP contribution in [0.5, 0.6) is 0 Å². The molecule has 0 bridgehead atoms. The topological polar surface area (TPSA) is 113 Å². The molecule has 0 heterocycles. The number of hydrogen-bond acceptors (Lipinski definition) is 6. The number of rotatable bonds is 54. The van der Waals surface area contributed by atoms with Crippen LogP contribution in [0, 0.1) is 0 Å². The van der Waals surface area contributed by atoms with Crippen LogP contribution in [0.15, 0.2) is 12.2 Å². The number of hydrogen-bond donors (Lipinski definition) is 2. The number of allylic oxidation sites excluding steroid dienone is 1. The maximum absolute atomic E-state index is 14.2. The van der Waals surface area contributed by atoms with Crippen molar-refractivity contribution < 1.29 is 37.7 Å². The van der Waals surface area contributed by atoms with E-state index in [9.17, 15) is 24.2 Å². The third-order valence-electron chi connectivity index (χ3n) is 14.0. The Bertz CT molecular complexity index is 1160. The number of carbonyl (C=O) groups is 2. The van der Waals surface area contributed by atoms with E-state index < -0.39 is 26.6 Å². The summed E-state index contributed by atoms with van der Waals surface area (Å²) >= 11 is 0. The molecule has 0 rings (SSSR count). The Labute approximate surface area is 429 Å². The Morgan fingerprint density at radius 2 is 0.768 bits per heavy atom. The predicted octanol–water partition coefficient (Wildman–Crippen LogP) is 17.7. The SMILES string of the molecule is CCCCCCCCCCCCC/C=C/[C@@H](O)[C@H](COP(=O)(O)OCC[N+](C)(C)C)N(C(=O)CCCCCCCCCCCCCCCCC)C(=O)CCCCCCCCCCCCCCCCC. The summed E-state index contributed by atoms with van der Waals surface area (Å²) in [6.45, 7) is 6.80. The molecule has 0 spiro atoms. The zero-order valence-corrected chi connectivity index (χ0v) is 47.7. The van der Waals surface area contributed by atoms with Gasteiger partial charge in [-0.05, 0) is 25.7 Å². The number of aliphatic hydroxyl groups excluding tert-OH is 1. The Hall–Kier alpha value is -1.09. The molecule has 0 saturated heterocycles. The maximum atomic E-state index is 14.2. The van der Waals surface area contributed by atoms with Crippen LogP contribution in [0.2, 0.25) is 0 Å². The average molecular weight is 999 g/mol. The minimum Gasteiger partial charge on any atom is -0.387 e. The first kappa shape index (κ1) is 67.9. The first-order chi connectivity index (χ1) is 33.4. The molecule has 0 aliphatic heterocycles. The van der Waals surface area contributed by atoms with Gasteiger partial charge in [-0.15, -0.1) is 0 Å². The van der Waals surface area contributed by atoms with E-state index in [0.717, 1.165) is 57.8 Å². The van der Waals surface area contributed by atoms with Gasteiger partial charge in [-0.1, -0.05) is 277 Å². The first-order valence-electron chi connectivity index (χ1n) is 30.0. The van der Waals surface area contributed by atoms with Gasteiger partial charge in [0.2, 0.25) is 11.8 Å². The number of imide groups is 1. The van der Waals surface area contributed by atoms with Crippen molar-refractivity contribution in [1.82, 2.24) is 4.90 Å². The smallest absolute Gasteiger partial charge is 0.387 e. The summed E-state index contributed by atoms with van der Waals surface area (Å²) < 4.78 is 24.5. The van der Waals surface area contributed by atoms with E-state index in [4.69, 9.17) is 9.05 Å². The van der Waals surface area contributed by atoms with Crippen molar-refractivity contribution in [3.8, 4) is 0 Å². The quantitative estimate of drug-likeness (QED) is 0.0270. The van der Waals surface area contributed by atoms with Gasteiger partial charge in [0.1, 0.15) is 13.2 Å². The Morgan fingerprint density at radius 3 is 1.07 bits per heavy atom. The van der Waals surface area contributed by atoms with Gasteiger partial charge in [0.25, 0.3) is 0 Å². The van der Waals surface area contributed by atoms with E-state index in [1.54, 1.807) is 6.08 Å². The summed E-state index contributed by atoms with van der Waals surface area (Å²) in [5.41, 5.74) is 0. The molecule has 0 aromatic rings. The molecule has 69 heavy (non-hydrogen) atoms. The number of phosphoric acid groups is 1. The summed E-state index contributed by atoms with van der Waals surface area (Å²) in [5, 5.41) is 11.7. The summed E-state index contributed by atoms with van der Waals surface area (Å²) in [5.74, 6) is -0.693. The Kier molecular flexibility index (Phi) is 48.4. The van der Waals surface area contributed by atoms with Crippen molar-refractivity contribution in [2.75, 3.05) is 40.9 Å². The highest BCUT2D eigenvalue weighted by molar-refractivity contribution is 7.47. The molecule has 2 N–H and O–H groups in total. The van der Waals surface area contributed by atoms with Crippen LogP contribution in [-0.2, 0) is 23.2 Å². The van der Waals surface area contributed by atoms with Crippen LogP contribution in [0.1, 0.15) is 303 Å². The Balaban J connectivity index is 5.49. The number of amides is 2. The summed E-state index contributed by atoms with van der Waals surface area (Å²) in [6.07, 6.45) is 54.0. The summed E-state index contributed by atoms with van der Waals surface area (Å²) in [7, 11) is 1.37. The zero-order valence-electron chi connectivity index (χ0n) is 46.8. The molecule has 2 amide bonds. The number of quaternary nitrogens is 1. The molecule has 0 aliphatic rings. The van der Waals surface area contributed by atoms with E-state index in [1.807, 2.05) is 27.2 Å². The third-order valence-corrected chi connectivity index (χ3v) is 15.0. The monoisotopic (exact) mass is 998 g/mol. The molecule has 0 aromatic carbocycles. The molecule has 410 valence electrons. The number of aliphatic hydroxyl groups is 1. The zero-order chi connectivity index (χ0) is 50.9. The fourth-order valence-electron chi connectivity index (χ4n) is 9.30. The van der Waals surface area contributed by atoms with Crippen LogP contribution < -0.4 is 0 Å². The molecular weight excluding hydrogens is 880 g/mol. The molecule has 0 radical (unpaired) electrons. The maximum Gasteiger partial charge on any atom is 0.472 e. The van der Waals surface area contributed by atoms with Crippen LogP contribution >= 0.6 is 7.82 Å². The average Bonchev–Trinajstić information content (AvgIpc) is 3.31. The van der Waals surface area contributed by atoms with E-state index in [-0.39, 0.29) is 31.3 Å². The highest BCUT2D eigenvalue weighted by Crippen LogP contribution is 2.43. The van der Waals surface area contributed by atoms with Crippen LogP contribution in [0.3, 0.4) is 0 Å². The van der Waals surface area contributed by atoms with Crippen molar-refractivity contribution in [1.29, 1.82) is 0 Å². The standard InChI is InChI=1S/C59H117N2O7P/c1-7-10-13-16-19-22-25-28-30-33-36-39-42-45-48-51-58(63)60(59(64)52-49-46-43-40-37-34-31-29-26-23-20-17-14-11-8-2)56(55-68-69(65,66)67-54-53-61(4,5)6)57(62)50-47-44-41-38-35-32-27-24-21-18-15-12-9-3/h47,50,56-57,62H,7-46,48-49,51-55H2,1-6H3/p+1/b50-47+/t56-,57+/m0/s1. The lowest BCUT2D eigenvalue weighted by Gasteiger charge is -2.33. The molecule has 0 aliphatic carbocycles. The lowest BCUT2D eigenvalue weighted by atomic mass is 10.0. The molecule has 1 unspecified atom stereocenters. The van der Waals surface area contributed by atoms with Crippen LogP contribution in [0.25, 0.3) is 0 Å². The van der Waals surface area contributed by atoms with Crippen LogP contribution in [-0.4, -0.2) is 84.2 Å². The predicted molar refractivity (Wildman–Crippen MR) is 296 cm³/mol. The largest absolute Gasteiger partial charge is 0.472 e. The van der Waals surface area contributed by atoms with Gasteiger partial charge in [0.05, 0.1) is 39.9 Å². The van der Waals surface area contributed by atoms with Crippen molar-refractivity contribution in [2.24, 2.45) is 0 Å². The molecule has 10 heteroatoms. The van der Waals surface area contributed by atoms with Gasteiger partial charge in [0, 0.05) is 12.8 Å². The van der Waals surface area contributed by atoms with E-state index in [2.05, 4.69) is 20.8 Å². The molecule has 0 fully saturated rings. The fraction of sp³-hybridized carbons (Fsp3) is 0.932. The second kappa shape index (κ2) is 49.1. The first-order valence-corrected chi connectivity index (χ1v) is 31.5. The van der Waals surface area contributed by atoms with Crippen molar-refractivity contribution in [3.05, 3.63) is 12.2 Å². The van der Waals surface area contributed by atoms with Gasteiger partial charge < -0.3 is 14.5 Å². The van der Waals surface area contributed by atoms with Gasteiger partial charge in [-0.3, -0.25) is 23.5 Å². The minimum atomic E-state index is -4.53. The van der Waals surface area contributed by atoms with E-state index >= 15 is 0 Å². The summed E-state index contributed by atoms with van der Waals surface area (Å²) in [6, 6.07) is -1.14. The number of phosphoric ester groups is 1. The molecular formula is C59H118N2O7P+. The van der Waals surface area contributed by atoms with E-state index in [1.165, 1.54) is 204 Å². The lowest BCUT2D eigenvalue weighted by Crippen LogP contribution is -2.52. The molecule has 0 saturated carbocycles. The highest BCUT2D eigenvalue weighted by Gasteiger charge is 2.36. The summed E-state index contributed by atoms with van der Waals surface area (Å²) in [4.78, 5) is 40.3. The number of carbonyl (C=O) groups excluding carboxylic acids is 2. The van der Waals surface area contributed by atoms with Gasteiger partial charge in [-0.2, -0.15) is 0 Å². The Morgan fingerprint density at radius 1 is 0.478 bits per heavy atom. The number of unbranched alkanes of at least 4 members (excludes halogenated alkanes) is 39. The molecule has 9 nitrogen and oxygen atoms in total. The minimum absolute atomic E-state index is 0.00330. The van der Waals surface area contributed by atoms with Crippen molar-refractivity contribution in [2.45, 2.75) is 315 Å². The van der Waals surface area contributed by atoms with Gasteiger partial charge >= 0.3 is 7.82 Å². The third kappa shape index (κ3) is 46.4. The van der Waals surface area contributed by atoms with Crippen molar-refractivity contribution in [3.63, 3.8) is 0 Å². The van der Waals surface area contributed by atoms with Crippen LogP contribution in [0.4, 0.5) is 0 Å². The normalized spacial score (nSPS) is 13.9. The lowest BCUT2D eigenvalue weighted by molar-refractivity contribution is -0.870. The molecule has 3 atom stereocenters. The second-order valence-corrected chi connectivity index (χ2v) is 23.4.